The Morgan fingerprint density at radius 2 is 2.07 bits per heavy atom. The molecule has 2 heterocycles. The molecule has 1 aliphatic carbocycles. The highest BCUT2D eigenvalue weighted by Gasteiger charge is 2.29. The molecule has 4 nitrogen and oxygen atoms in total. The Labute approximate surface area is 187 Å². The van der Waals surface area contributed by atoms with Crippen molar-refractivity contribution in [2.75, 3.05) is 12.3 Å². The number of rotatable bonds is 10. The minimum Gasteiger partial charge on any atom is -0.338 e. The van der Waals surface area contributed by atoms with Gasteiger partial charge in [-0.3, -0.25) is 9.48 Å². The summed E-state index contributed by atoms with van der Waals surface area (Å²) in [6.45, 7) is 5.65. The van der Waals surface area contributed by atoms with E-state index in [2.05, 4.69) is 53.6 Å². The van der Waals surface area contributed by atoms with E-state index >= 15 is 0 Å². The lowest BCUT2D eigenvalue weighted by Crippen LogP contribution is -2.40. The van der Waals surface area contributed by atoms with E-state index in [0.717, 1.165) is 18.0 Å². The van der Waals surface area contributed by atoms with Gasteiger partial charge in [0.15, 0.2) is 0 Å². The minimum absolute atomic E-state index is 0.186. The van der Waals surface area contributed by atoms with Crippen LogP contribution in [0.2, 0.25) is 0 Å². The fourth-order valence-electron chi connectivity index (χ4n) is 3.66. The van der Waals surface area contributed by atoms with Gasteiger partial charge in [-0.05, 0) is 49.8 Å². The van der Waals surface area contributed by atoms with Crippen LogP contribution in [0.5, 0.6) is 0 Å². The summed E-state index contributed by atoms with van der Waals surface area (Å²) in [4.78, 5) is 14.9. The van der Waals surface area contributed by atoms with Gasteiger partial charge in [-0.25, -0.2) is 0 Å². The summed E-state index contributed by atoms with van der Waals surface area (Å²) < 4.78 is 2.14. The second kappa shape index (κ2) is 9.84. The fraction of sp³-hybridized carbons (Fsp3) is 0.417. The average Bonchev–Trinajstić information content (AvgIpc) is 3.26. The van der Waals surface area contributed by atoms with E-state index in [9.17, 15) is 4.79 Å². The van der Waals surface area contributed by atoms with Crippen molar-refractivity contribution in [1.82, 2.24) is 14.7 Å². The number of thioether (sulfide) groups is 1. The van der Waals surface area contributed by atoms with E-state index in [0.29, 0.717) is 18.2 Å². The Kier molecular flexibility index (Phi) is 6.95. The van der Waals surface area contributed by atoms with Crippen molar-refractivity contribution in [3.05, 3.63) is 64.5 Å². The van der Waals surface area contributed by atoms with Crippen molar-refractivity contribution in [1.29, 1.82) is 0 Å². The van der Waals surface area contributed by atoms with Gasteiger partial charge >= 0.3 is 0 Å². The first-order valence-corrected chi connectivity index (χ1v) is 12.7. The molecule has 3 aromatic rings. The molecular formula is C24H29N3OS2. The van der Waals surface area contributed by atoms with Crippen molar-refractivity contribution in [3.8, 4) is 11.3 Å². The predicted molar refractivity (Wildman–Crippen MR) is 127 cm³/mol. The molecule has 4 rings (SSSR count). The molecule has 6 heteroatoms. The van der Waals surface area contributed by atoms with Crippen LogP contribution in [0.25, 0.3) is 11.3 Å². The highest BCUT2D eigenvalue weighted by molar-refractivity contribution is 7.99. The molecule has 1 fully saturated rings. The molecule has 0 radical (unpaired) electrons. The summed E-state index contributed by atoms with van der Waals surface area (Å²) in [6.07, 6.45) is 2.50. The molecule has 0 spiro atoms. The summed E-state index contributed by atoms with van der Waals surface area (Å²) >= 11 is 3.39. The Hall–Kier alpha value is -2.05. The smallest absolute Gasteiger partial charge is 0.232 e. The number of nitrogens with zero attached hydrogens (tertiary/aromatic N) is 3. The normalized spacial score (nSPS) is 13.7. The van der Waals surface area contributed by atoms with Crippen molar-refractivity contribution in [2.24, 2.45) is 0 Å². The van der Waals surface area contributed by atoms with Gasteiger partial charge in [0, 0.05) is 40.9 Å². The van der Waals surface area contributed by atoms with E-state index in [1.807, 2.05) is 23.1 Å². The van der Waals surface area contributed by atoms with Gasteiger partial charge in [-0.15, -0.1) is 11.8 Å². The maximum Gasteiger partial charge on any atom is 0.232 e. The standard InChI is InChI=1S/C24H29N3OS2/c1-18(2)26(24(28)17-30-15-19-6-4-3-5-7-19)11-12-27-23(20-8-9-20)14-22(25-27)21-10-13-29-16-21/h3-7,10,13-14,16,18,20H,8-9,11-12,15,17H2,1-2H3. The molecule has 1 saturated carbocycles. The van der Waals surface area contributed by atoms with E-state index in [-0.39, 0.29) is 11.9 Å². The van der Waals surface area contributed by atoms with E-state index < -0.39 is 0 Å². The first-order chi connectivity index (χ1) is 14.6. The lowest BCUT2D eigenvalue weighted by molar-refractivity contribution is -0.130. The van der Waals surface area contributed by atoms with Crippen LogP contribution in [0, 0.1) is 0 Å². The Morgan fingerprint density at radius 1 is 1.27 bits per heavy atom. The molecule has 1 aliphatic rings. The van der Waals surface area contributed by atoms with Gasteiger partial charge in [-0.2, -0.15) is 16.4 Å². The number of aromatic nitrogens is 2. The number of hydrogen-bond acceptors (Lipinski definition) is 4. The van der Waals surface area contributed by atoms with E-state index in [1.54, 1.807) is 23.1 Å². The second-order valence-corrected chi connectivity index (χ2v) is 9.89. The summed E-state index contributed by atoms with van der Waals surface area (Å²) in [7, 11) is 0. The first kappa shape index (κ1) is 21.2. The summed E-state index contributed by atoms with van der Waals surface area (Å²) in [5, 5.41) is 9.13. The molecule has 0 bridgehead atoms. The zero-order valence-electron chi connectivity index (χ0n) is 17.7. The molecule has 30 heavy (non-hydrogen) atoms. The average molecular weight is 440 g/mol. The molecular weight excluding hydrogens is 410 g/mol. The monoisotopic (exact) mass is 439 g/mol. The number of hydrogen-bond donors (Lipinski definition) is 0. The van der Waals surface area contributed by atoms with Crippen LogP contribution in [0.4, 0.5) is 0 Å². The van der Waals surface area contributed by atoms with Crippen LogP contribution in [0.1, 0.15) is 43.9 Å². The largest absolute Gasteiger partial charge is 0.338 e. The van der Waals surface area contributed by atoms with Crippen LogP contribution in [-0.2, 0) is 17.1 Å². The number of amides is 1. The van der Waals surface area contributed by atoms with Crippen molar-refractivity contribution in [3.63, 3.8) is 0 Å². The molecule has 1 amide bonds. The maximum atomic E-state index is 12.9. The molecule has 0 unspecified atom stereocenters. The quantitative estimate of drug-likeness (QED) is 0.409. The van der Waals surface area contributed by atoms with E-state index in [1.165, 1.54) is 29.7 Å². The maximum absolute atomic E-state index is 12.9. The zero-order valence-corrected chi connectivity index (χ0v) is 19.3. The SMILES string of the molecule is CC(C)N(CCn1nc(-c2ccsc2)cc1C1CC1)C(=O)CSCc1ccccc1. The number of carbonyl (C=O) groups is 1. The minimum atomic E-state index is 0.186. The number of benzene rings is 1. The van der Waals surface area contributed by atoms with E-state index in [4.69, 9.17) is 5.10 Å². The van der Waals surface area contributed by atoms with Crippen LogP contribution in [0.3, 0.4) is 0 Å². The zero-order chi connectivity index (χ0) is 20.9. The van der Waals surface area contributed by atoms with Gasteiger partial charge in [0.05, 0.1) is 18.0 Å². The second-order valence-electron chi connectivity index (χ2n) is 8.12. The molecule has 1 aromatic carbocycles. The van der Waals surface area contributed by atoms with Crippen LogP contribution in [-0.4, -0.2) is 38.9 Å². The molecule has 2 aromatic heterocycles. The van der Waals surface area contributed by atoms with Gasteiger partial charge < -0.3 is 4.90 Å². The third kappa shape index (κ3) is 5.35. The van der Waals surface area contributed by atoms with Gasteiger partial charge in [0.25, 0.3) is 0 Å². The Balaban J connectivity index is 1.37. The molecule has 0 N–H and O–H groups in total. The summed E-state index contributed by atoms with van der Waals surface area (Å²) in [6, 6.07) is 14.9. The lowest BCUT2D eigenvalue weighted by atomic mass is 10.2. The Bertz CT molecular complexity index is 946. The first-order valence-electron chi connectivity index (χ1n) is 10.6. The molecule has 158 valence electrons. The van der Waals surface area contributed by atoms with Crippen LogP contribution < -0.4 is 0 Å². The van der Waals surface area contributed by atoms with Gasteiger partial charge in [0.2, 0.25) is 5.91 Å². The highest BCUT2D eigenvalue weighted by Crippen LogP contribution is 2.41. The number of thiophene rings is 1. The predicted octanol–water partition coefficient (Wildman–Crippen LogP) is 5.66. The van der Waals surface area contributed by atoms with Crippen molar-refractivity contribution >= 4 is 29.0 Å². The van der Waals surface area contributed by atoms with Gasteiger partial charge in [-0.1, -0.05) is 30.3 Å². The fourth-order valence-corrected chi connectivity index (χ4v) is 5.18. The van der Waals surface area contributed by atoms with Crippen LogP contribution >= 0.6 is 23.1 Å². The van der Waals surface area contributed by atoms with Crippen LogP contribution in [0.15, 0.2) is 53.2 Å². The molecule has 0 saturated heterocycles. The molecule has 0 aliphatic heterocycles. The lowest BCUT2D eigenvalue weighted by Gasteiger charge is -2.27. The summed E-state index contributed by atoms with van der Waals surface area (Å²) in [5.74, 6) is 2.23. The third-order valence-corrected chi connectivity index (χ3v) is 7.13. The number of carbonyl (C=O) groups excluding carboxylic acids is 1. The van der Waals surface area contributed by atoms with Gasteiger partial charge in [0.1, 0.15) is 0 Å². The summed E-state index contributed by atoms with van der Waals surface area (Å²) in [5.41, 5.74) is 4.83. The van der Waals surface area contributed by atoms with Crippen molar-refractivity contribution in [2.45, 2.75) is 50.9 Å². The molecule has 0 atom stereocenters. The topological polar surface area (TPSA) is 38.1 Å². The van der Waals surface area contributed by atoms with Crippen molar-refractivity contribution < 1.29 is 4.79 Å². The highest BCUT2D eigenvalue weighted by atomic mass is 32.2. The third-order valence-electron chi connectivity index (χ3n) is 5.46. The Morgan fingerprint density at radius 3 is 2.73 bits per heavy atom.